The molecule has 8 heteroatoms. The number of aryl methyl sites for hydroxylation is 1. The summed E-state index contributed by atoms with van der Waals surface area (Å²) < 4.78 is 27.8. The van der Waals surface area contributed by atoms with Gasteiger partial charge in [-0.3, -0.25) is 5.10 Å². The number of para-hydroxylation sites is 2. The molecule has 0 saturated heterocycles. The zero-order valence-corrected chi connectivity index (χ0v) is 13.7. The van der Waals surface area contributed by atoms with Crippen LogP contribution >= 0.6 is 0 Å². The molecule has 4 aromatic rings. The van der Waals surface area contributed by atoms with Crippen LogP contribution in [0.15, 0.2) is 48.5 Å². The smallest absolute Gasteiger partial charge is 0.229 e. The van der Waals surface area contributed by atoms with Crippen molar-refractivity contribution in [1.29, 1.82) is 0 Å². The summed E-state index contributed by atoms with van der Waals surface area (Å²) >= 11 is 0. The Morgan fingerprint density at radius 1 is 0.923 bits per heavy atom. The van der Waals surface area contributed by atoms with Gasteiger partial charge in [0, 0.05) is 17.1 Å². The minimum absolute atomic E-state index is 0.0717. The summed E-state index contributed by atoms with van der Waals surface area (Å²) in [5.41, 5.74) is 1.21. The Bertz CT molecular complexity index is 1070. The number of fused-ring (bicyclic) bond motifs is 1. The molecule has 4 rings (SSSR count). The van der Waals surface area contributed by atoms with Gasteiger partial charge in [0.05, 0.1) is 5.52 Å². The second-order valence-corrected chi connectivity index (χ2v) is 5.70. The highest BCUT2D eigenvalue weighted by molar-refractivity contribution is 5.91. The predicted octanol–water partition coefficient (Wildman–Crippen LogP) is 4.43. The van der Waals surface area contributed by atoms with E-state index in [0.717, 1.165) is 23.2 Å². The summed E-state index contributed by atoms with van der Waals surface area (Å²) in [6.45, 7) is 1.88. The van der Waals surface area contributed by atoms with Crippen molar-refractivity contribution < 1.29 is 8.78 Å². The predicted molar refractivity (Wildman–Crippen MR) is 95.8 cm³/mol. The summed E-state index contributed by atoms with van der Waals surface area (Å²) in [5, 5.41) is 13.4. The highest BCUT2D eigenvalue weighted by Crippen LogP contribution is 2.27. The average molecular weight is 352 g/mol. The second-order valence-electron chi connectivity index (χ2n) is 5.70. The topological polar surface area (TPSA) is 78.5 Å². The van der Waals surface area contributed by atoms with Crippen molar-refractivity contribution in [3.63, 3.8) is 0 Å². The first kappa shape index (κ1) is 15.9. The Labute approximate surface area is 147 Å². The lowest BCUT2D eigenvalue weighted by Gasteiger charge is -2.11. The van der Waals surface area contributed by atoms with Gasteiger partial charge in [-0.25, -0.2) is 13.8 Å². The largest absolute Gasteiger partial charge is 0.323 e. The lowest BCUT2D eigenvalue weighted by molar-refractivity contribution is 0.590. The number of hydrogen-bond donors (Lipinski definition) is 3. The van der Waals surface area contributed by atoms with Gasteiger partial charge in [-0.15, -0.1) is 0 Å². The number of nitrogens with one attached hydrogen (secondary N) is 3. The van der Waals surface area contributed by atoms with Crippen LogP contribution < -0.4 is 10.6 Å². The van der Waals surface area contributed by atoms with Gasteiger partial charge < -0.3 is 10.6 Å². The van der Waals surface area contributed by atoms with Gasteiger partial charge >= 0.3 is 0 Å². The summed E-state index contributed by atoms with van der Waals surface area (Å²) in [5.74, 6) is -0.323. The zero-order valence-electron chi connectivity index (χ0n) is 13.7. The van der Waals surface area contributed by atoms with Gasteiger partial charge in [-0.1, -0.05) is 18.2 Å². The van der Waals surface area contributed by atoms with E-state index >= 15 is 0 Å². The van der Waals surface area contributed by atoms with Gasteiger partial charge in [-0.2, -0.15) is 10.1 Å². The fraction of sp³-hybridized carbons (Fsp3) is 0.0556. The Morgan fingerprint density at radius 3 is 2.42 bits per heavy atom. The van der Waals surface area contributed by atoms with Crippen molar-refractivity contribution in [1.82, 2.24) is 20.2 Å². The van der Waals surface area contributed by atoms with Gasteiger partial charge in [0.1, 0.15) is 23.1 Å². The molecule has 0 bridgehead atoms. The Morgan fingerprint density at radius 2 is 1.69 bits per heavy atom. The minimum Gasteiger partial charge on any atom is -0.323 e. The molecule has 2 heterocycles. The van der Waals surface area contributed by atoms with E-state index in [1.54, 1.807) is 6.07 Å². The normalized spacial score (nSPS) is 10.9. The van der Waals surface area contributed by atoms with Crippen molar-refractivity contribution in [2.45, 2.75) is 6.92 Å². The molecular weight excluding hydrogens is 338 g/mol. The number of anilines is 4. The standard InChI is InChI=1S/C18H14F2N6/c1-10-9-15(26-25-10)22-17-11-5-2-3-8-14(11)21-18(24-17)23-16-12(19)6-4-7-13(16)20/h2-9H,1H3,(H3,21,22,23,24,25,26). The zero-order chi connectivity index (χ0) is 18.1. The van der Waals surface area contributed by atoms with Gasteiger partial charge in [0.15, 0.2) is 5.82 Å². The third-order valence-electron chi connectivity index (χ3n) is 3.76. The Hall–Kier alpha value is -3.55. The van der Waals surface area contributed by atoms with E-state index in [9.17, 15) is 8.78 Å². The molecule has 0 amide bonds. The summed E-state index contributed by atoms with van der Waals surface area (Å²) in [6, 6.07) is 12.8. The van der Waals surface area contributed by atoms with Crippen LogP contribution in [0.1, 0.15) is 5.69 Å². The van der Waals surface area contributed by atoms with E-state index in [-0.39, 0.29) is 11.6 Å². The molecule has 0 radical (unpaired) electrons. The molecule has 130 valence electrons. The molecule has 2 aromatic carbocycles. The quantitative estimate of drug-likeness (QED) is 0.506. The van der Waals surface area contributed by atoms with Crippen LogP contribution in [0.2, 0.25) is 0 Å². The lowest BCUT2D eigenvalue weighted by atomic mass is 10.2. The first-order chi connectivity index (χ1) is 12.6. The maximum Gasteiger partial charge on any atom is 0.229 e. The third kappa shape index (κ3) is 3.04. The fourth-order valence-corrected chi connectivity index (χ4v) is 2.56. The number of rotatable bonds is 4. The maximum absolute atomic E-state index is 13.9. The van der Waals surface area contributed by atoms with Crippen molar-refractivity contribution in [2.75, 3.05) is 10.6 Å². The number of benzene rings is 2. The monoisotopic (exact) mass is 352 g/mol. The number of nitrogens with zero attached hydrogens (tertiary/aromatic N) is 3. The number of hydrogen-bond acceptors (Lipinski definition) is 5. The second kappa shape index (κ2) is 6.40. The lowest BCUT2D eigenvalue weighted by Crippen LogP contribution is -2.04. The first-order valence-electron chi connectivity index (χ1n) is 7.87. The van der Waals surface area contributed by atoms with Crippen LogP contribution in [0, 0.1) is 18.6 Å². The van der Waals surface area contributed by atoms with Crippen LogP contribution in [0.5, 0.6) is 0 Å². The number of aromatic nitrogens is 4. The molecule has 0 atom stereocenters. The molecule has 0 aliphatic carbocycles. The van der Waals surface area contributed by atoms with E-state index in [0.29, 0.717) is 17.2 Å². The number of H-pyrrole nitrogens is 1. The van der Waals surface area contributed by atoms with Gasteiger partial charge in [0.2, 0.25) is 5.95 Å². The third-order valence-corrected chi connectivity index (χ3v) is 3.76. The molecule has 3 N–H and O–H groups in total. The molecule has 0 unspecified atom stereocenters. The van der Waals surface area contributed by atoms with Crippen LogP contribution in [0.3, 0.4) is 0 Å². The maximum atomic E-state index is 13.9. The van der Waals surface area contributed by atoms with E-state index in [2.05, 4.69) is 30.8 Å². The Kier molecular flexibility index (Phi) is 3.92. The molecule has 2 aromatic heterocycles. The summed E-state index contributed by atoms with van der Waals surface area (Å²) in [7, 11) is 0. The van der Waals surface area contributed by atoms with Gasteiger partial charge in [0.25, 0.3) is 0 Å². The van der Waals surface area contributed by atoms with Crippen LogP contribution in [0.25, 0.3) is 10.9 Å². The van der Waals surface area contributed by atoms with Crippen molar-refractivity contribution in [2.24, 2.45) is 0 Å². The van der Waals surface area contributed by atoms with Crippen molar-refractivity contribution in [3.05, 3.63) is 65.9 Å². The molecule has 6 nitrogen and oxygen atoms in total. The van der Waals surface area contributed by atoms with Crippen molar-refractivity contribution in [3.8, 4) is 0 Å². The number of halogens is 2. The summed E-state index contributed by atoms with van der Waals surface area (Å²) in [6.07, 6.45) is 0. The first-order valence-corrected chi connectivity index (χ1v) is 7.87. The Balaban J connectivity index is 1.78. The van der Waals surface area contributed by atoms with Crippen LogP contribution in [0.4, 0.5) is 32.1 Å². The average Bonchev–Trinajstić information content (AvgIpc) is 3.03. The highest BCUT2D eigenvalue weighted by Gasteiger charge is 2.13. The fourth-order valence-electron chi connectivity index (χ4n) is 2.56. The molecular formula is C18H14F2N6. The molecule has 0 aliphatic heterocycles. The minimum atomic E-state index is -0.723. The highest BCUT2D eigenvalue weighted by atomic mass is 19.1. The summed E-state index contributed by atoms with van der Waals surface area (Å²) in [4.78, 5) is 8.70. The molecule has 0 aliphatic rings. The molecule has 0 saturated carbocycles. The van der Waals surface area contributed by atoms with Crippen LogP contribution in [-0.2, 0) is 0 Å². The van der Waals surface area contributed by atoms with Crippen LogP contribution in [-0.4, -0.2) is 20.2 Å². The number of aromatic amines is 1. The SMILES string of the molecule is Cc1cc(Nc2nc(Nc3c(F)cccc3F)nc3ccccc23)n[nH]1. The van der Waals surface area contributed by atoms with E-state index < -0.39 is 11.6 Å². The van der Waals surface area contributed by atoms with Crippen molar-refractivity contribution >= 4 is 34.2 Å². The molecule has 0 fully saturated rings. The van der Waals surface area contributed by atoms with Gasteiger partial charge in [-0.05, 0) is 31.2 Å². The molecule has 0 spiro atoms. The molecule has 26 heavy (non-hydrogen) atoms. The van der Waals surface area contributed by atoms with E-state index in [1.165, 1.54) is 6.07 Å². The van der Waals surface area contributed by atoms with E-state index in [1.807, 2.05) is 31.2 Å². The van der Waals surface area contributed by atoms with E-state index in [4.69, 9.17) is 0 Å².